The summed E-state index contributed by atoms with van der Waals surface area (Å²) in [5.74, 6) is 0. The molecular weight excluding hydrogens is 196 g/mol. The van der Waals surface area contributed by atoms with Gasteiger partial charge in [-0.25, -0.2) is 0 Å². The van der Waals surface area contributed by atoms with E-state index in [0.29, 0.717) is 0 Å². The molecule has 0 amide bonds. The van der Waals surface area contributed by atoms with Crippen LogP contribution in [0.2, 0.25) is 6.04 Å². The maximum Gasteiger partial charge on any atom is 0.370 e. The Hall–Kier alpha value is 0.0969. The van der Waals surface area contributed by atoms with Crippen LogP contribution in [0.25, 0.3) is 0 Å². The van der Waals surface area contributed by atoms with Crippen molar-refractivity contribution in [1.29, 1.82) is 0 Å². The van der Waals surface area contributed by atoms with Crippen molar-refractivity contribution in [2.75, 3.05) is 21.3 Å². The molecule has 84 valence electrons. The topological polar surface area (TPSA) is 27.7 Å². The van der Waals surface area contributed by atoms with Gasteiger partial charge in [0.1, 0.15) is 5.22 Å². The average Bonchev–Trinajstić information content (AvgIpc) is 2.28. The lowest BCUT2D eigenvalue weighted by atomic mass is 10.1. The predicted molar refractivity (Wildman–Crippen MR) is 58.5 cm³/mol. The lowest BCUT2D eigenvalue weighted by molar-refractivity contribution is -0.0112. The highest BCUT2D eigenvalue weighted by molar-refractivity contribution is 6.70. The fourth-order valence-electron chi connectivity index (χ4n) is 2.69. The van der Waals surface area contributed by atoms with Gasteiger partial charge < -0.3 is 13.6 Å². The fourth-order valence-corrected chi connectivity index (χ4v) is 6.59. The van der Waals surface area contributed by atoms with Gasteiger partial charge in [-0.05, 0) is 18.9 Å². The Bertz CT molecular complexity index is 156. The molecular formula is C10H22O3Si. The van der Waals surface area contributed by atoms with Crippen molar-refractivity contribution >= 4 is 8.56 Å². The van der Waals surface area contributed by atoms with Crippen LogP contribution < -0.4 is 0 Å². The molecule has 0 aromatic carbocycles. The molecule has 1 rings (SSSR count). The zero-order chi connectivity index (χ0) is 10.7. The second-order valence-corrected chi connectivity index (χ2v) is 7.65. The van der Waals surface area contributed by atoms with E-state index in [1.807, 2.05) is 0 Å². The van der Waals surface area contributed by atoms with Gasteiger partial charge in [-0.2, -0.15) is 0 Å². The standard InChI is InChI=1S/C10H22O3Si/c1-5-10(11-2)8-6-7-9-14(10,12-3)13-4/h5-9H2,1-4H3. The fraction of sp³-hybridized carbons (Fsp3) is 1.00. The van der Waals surface area contributed by atoms with Crippen LogP contribution in [-0.4, -0.2) is 35.1 Å². The first-order valence-corrected chi connectivity index (χ1v) is 7.38. The highest BCUT2D eigenvalue weighted by Crippen LogP contribution is 2.41. The van der Waals surface area contributed by atoms with E-state index < -0.39 is 8.56 Å². The first kappa shape index (κ1) is 12.2. The van der Waals surface area contributed by atoms with Crippen molar-refractivity contribution in [3.05, 3.63) is 0 Å². The molecule has 0 aromatic heterocycles. The summed E-state index contributed by atoms with van der Waals surface area (Å²) in [6, 6.07) is 1.06. The van der Waals surface area contributed by atoms with Crippen molar-refractivity contribution in [2.24, 2.45) is 0 Å². The zero-order valence-electron chi connectivity index (χ0n) is 9.76. The zero-order valence-corrected chi connectivity index (χ0v) is 10.8. The van der Waals surface area contributed by atoms with Crippen molar-refractivity contribution < 1.29 is 13.6 Å². The number of rotatable bonds is 4. The largest absolute Gasteiger partial charge is 0.396 e. The molecule has 1 aliphatic rings. The Kier molecular flexibility index (Phi) is 4.12. The molecule has 0 spiro atoms. The highest BCUT2D eigenvalue weighted by Gasteiger charge is 2.57. The van der Waals surface area contributed by atoms with E-state index in [1.54, 1.807) is 21.3 Å². The third-order valence-electron chi connectivity index (χ3n) is 3.65. The molecule has 1 atom stereocenters. The molecule has 0 radical (unpaired) electrons. The molecule has 0 aromatic rings. The van der Waals surface area contributed by atoms with Gasteiger partial charge in [0, 0.05) is 21.3 Å². The average molecular weight is 218 g/mol. The Morgan fingerprint density at radius 3 is 2.14 bits per heavy atom. The second kappa shape index (κ2) is 4.75. The Balaban J connectivity index is 2.96. The van der Waals surface area contributed by atoms with E-state index >= 15 is 0 Å². The van der Waals surface area contributed by atoms with Crippen LogP contribution in [0.3, 0.4) is 0 Å². The smallest absolute Gasteiger partial charge is 0.370 e. The molecule has 1 fully saturated rings. The van der Waals surface area contributed by atoms with Crippen LogP contribution in [-0.2, 0) is 13.6 Å². The summed E-state index contributed by atoms with van der Waals surface area (Å²) in [4.78, 5) is 0. The second-order valence-electron chi connectivity index (χ2n) is 3.92. The highest BCUT2D eigenvalue weighted by atomic mass is 28.4. The number of methoxy groups -OCH3 is 1. The normalized spacial score (nSPS) is 31.7. The number of hydrogen-bond donors (Lipinski definition) is 0. The predicted octanol–water partition coefficient (Wildman–Crippen LogP) is 2.24. The van der Waals surface area contributed by atoms with Gasteiger partial charge in [-0.3, -0.25) is 0 Å². The molecule has 3 nitrogen and oxygen atoms in total. The van der Waals surface area contributed by atoms with Gasteiger partial charge in [-0.1, -0.05) is 19.8 Å². The molecule has 1 unspecified atom stereocenters. The van der Waals surface area contributed by atoms with E-state index in [-0.39, 0.29) is 5.22 Å². The van der Waals surface area contributed by atoms with Crippen LogP contribution in [0.15, 0.2) is 0 Å². The van der Waals surface area contributed by atoms with Gasteiger partial charge in [0.15, 0.2) is 0 Å². The van der Waals surface area contributed by atoms with Gasteiger partial charge >= 0.3 is 8.56 Å². The molecule has 0 aliphatic carbocycles. The molecule has 4 heteroatoms. The summed E-state index contributed by atoms with van der Waals surface area (Å²) in [5, 5.41) is -0.130. The number of ether oxygens (including phenoxy) is 1. The van der Waals surface area contributed by atoms with E-state index in [0.717, 1.165) is 18.9 Å². The Morgan fingerprint density at radius 1 is 1.14 bits per heavy atom. The molecule has 1 aliphatic heterocycles. The summed E-state index contributed by atoms with van der Waals surface area (Å²) in [6.07, 6.45) is 4.49. The van der Waals surface area contributed by atoms with Crippen molar-refractivity contribution in [1.82, 2.24) is 0 Å². The summed E-state index contributed by atoms with van der Waals surface area (Å²) < 4.78 is 17.2. The lowest BCUT2D eigenvalue weighted by Gasteiger charge is -2.47. The summed E-state index contributed by atoms with van der Waals surface area (Å²) in [6.45, 7) is 2.16. The minimum Gasteiger partial charge on any atom is -0.396 e. The van der Waals surface area contributed by atoms with Gasteiger partial charge in [0.05, 0.1) is 0 Å². The van der Waals surface area contributed by atoms with Crippen LogP contribution in [0, 0.1) is 0 Å². The minimum atomic E-state index is -2.13. The van der Waals surface area contributed by atoms with Crippen LogP contribution in [0.1, 0.15) is 32.6 Å². The number of hydrogen-bond acceptors (Lipinski definition) is 3. The first-order valence-electron chi connectivity index (χ1n) is 5.35. The molecule has 1 heterocycles. The summed E-state index contributed by atoms with van der Waals surface area (Å²) >= 11 is 0. The SMILES string of the molecule is CCC1(OC)CCCC[Si]1(OC)OC. The van der Waals surface area contributed by atoms with Crippen LogP contribution in [0.4, 0.5) is 0 Å². The van der Waals surface area contributed by atoms with E-state index in [4.69, 9.17) is 13.6 Å². The minimum absolute atomic E-state index is 0.130. The van der Waals surface area contributed by atoms with Gasteiger partial charge in [0.25, 0.3) is 0 Å². The van der Waals surface area contributed by atoms with Crippen LogP contribution in [0.5, 0.6) is 0 Å². The molecule has 0 bridgehead atoms. The first-order chi connectivity index (χ1) is 6.70. The van der Waals surface area contributed by atoms with E-state index in [1.165, 1.54) is 12.8 Å². The quantitative estimate of drug-likeness (QED) is 0.677. The monoisotopic (exact) mass is 218 g/mol. The Labute approximate surface area is 88.0 Å². The van der Waals surface area contributed by atoms with Crippen LogP contribution >= 0.6 is 0 Å². The summed E-state index contributed by atoms with van der Waals surface area (Å²) in [7, 11) is 3.19. The van der Waals surface area contributed by atoms with Crippen molar-refractivity contribution in [2.45, 2.75) is 43.9 Å². The lowest BCUT2D eigenvalue weighted by Crippen LogP contribution is -2.64. The maximum atomic E-state index is 5.74. The molecule has 14 heavy (non-hydrogen) atoms. The Morgan fingerprint density at radius 2 is 1.79 bits per heavy atom. The molecule has 1 saturated heterocycles. The van der Waals surface area contributed by atoms with Crippen molar-refractivity contribution in [3.63, 3.8) is 0 Å². The van der Waals surface area contributed by atoms with Gasteiger partial charge in [-0.15, -0.1) is 0 Å². The van der Waals surface area contributed by atoms with Gasteiger partial charge in [0.2, 0.25) is 0 Å². The van der Waals surface area contributed by atoms with Crippen molar-refractivity contribution in [3.8, 4) is 0 Å². The third-order valence-corrected chi connectivity index (χ3v) is 8.18. The molecule has 0 saturated carbocycles. The van der Waals surface area contributed by atoms with E-state index in [2.05, 4.69) is 6.92 Å². The summed E-state index contributed by atoms with van der Waals surface area (Å²) in [5.41, 5.74) is 0. The third kappa shape index (κ3) is 1.64. The maximum absolute atomic E-state index is 5.74. The molecule has 0 N–H and O–H groups in total. The van der Waals surface area contributed by atoms with E-state index in [9.17, 15) is 0 Å².